The second-order valence-electron chi connectivity index (χ2n) is 5.08. The molecule has 1 unspecified atom stereocenters. The Labute approximate surface area is 136 Å². The monoisotopic (exact) mass is 349 g/mol. The summed E-state index contributed by atoms with van der Waals surface area (Å²) in [6.07, 6.45) is 0.111. The third-order valence-corrected chi connectivity index (χ3v) is 4.03. The fourth-order valence-electron chi connectivity index (χ4n) is 2.13. The van der Waals surface area contributed by atoms with Gasteiger partial charge in [-0.15, -0.1) is 0 Å². The molecule has 2 N–H and O–H groups in total. The van der Waals surface area contributed by atoms with Crippen molar-refractivity contribution in [1.29, 1.82) is 0 Å². The van der Waals surface area contributed by atoms with E-state index in [0.717, 1.165) is 0 Å². The van der Waals surface area contributed by atoms with E-state index in [9.17, 15) is 8.78 Å². The van der Waals surface area contributed by atoms with E-state index >= 15 is 0 Å². The summed E-state index contributed by atoms with van der Waals surface area (Å²) in [6, 6.07) is 6.66. The van der Waals surface area contributed by atoms with Crippen molar-refractivity contribution < 1.29 is 8.78 Å². The molecule has 0 radical (unpaired) electrons. The molecule has 0 heterocycles. The minimum atomic E-state index is -1.08. The molecule has 2 rings (SSSR count). The summed E-state index contributed by atoms with van der Waals surface area (Å²) in [7, 11) is 0. The number of hydrogen-bond donors (Lipinski definition) is 1. The number of rotatable bonds is 3. The minimum Gasteiger partial charge on any atom is -0.321 e. The van der Waals surface area contributed by atoms with Crippen molar-refractivity contribution in [2.45, 2.75) is 18.9 Å². The molecule has 21 heavy (non-hydrogen) atoms. The molecule has 0 saturated heterocycles. The molecule has 1 nitrogen and oxygen atoms in total. The van der Waals surface area contributed by atoms with E-state index in [-0.39, 0.29) is 16.5 Å². The van der Waals surface area contributed by atoms with Crippen LogP contribution < -0.4 is 5.73 Å². The van der Waals surface area contributed by atoms with E-state index in [1.807, 2.05) is 0 Å². The van der Waals surface area contributed by atoms with Crippen molar-refractivity contribution in [2.24, 2.45) is 5.73 Å². The Hall–Kier alpha value is -0.870. The van der Waals surface area contributed by atoms with Gasteiger partial charge in [0.25, 0.3) is 0 Å². The standard InChI is InChI=1S/C15H12Cl3F2N/c1-15(21,7-8-4-9(16)2-3-13(8)19)10-5-14(20)12(18)6-11(10)17/h2-6H,7,21H2,1H3. The summed E-state index contributed by atoms with van der Waals surface area (Å²) in [5, 5.41) is 0.540. The first-order chi connectivity index (χ1) is 9.70. The van der Waals surface area contributed by atoms with Gasteiger partial charge in [-0.2, -0.15) is 0 Å². The van der Waals surface area contributed by atoms with Crippen LogP contribution in [0.4, 0.5) is 8.78 Å². The van der Waals surface area contributed by atoms with E-state index in [4.69, 9.17) is 40.5 Å². The van der Waals surface area contributed by atoms with Crippen LogP contribution in [-0.4, -0.2) is 0 Å². The molecule has 0 amide bonds. The fraction of sp³-hybridized carbons (Fsp3) is 0.200. The van der Waals surface area contributed by atoms with Crippen LogP contribution in [0.5, 0.6) is 0 Å². The van der Waals surface area contributed by atoms with E-state index in [1.165, 1.54) is 30.3 Å². The molecule has 0 aromatic heterocycles. The zero-order valence-corrected chi connectivity index (χ0v) is 13.3. The minimum absolute atomic E-state index is 0.0894. The quantitative estimate of drug-likeness (QED) is 0.743. The number of nitrogens with two attached hydrogens (primary N) is 1. The van der Waals surface area contributed by atoms with Gasteiger partial charge in [-0.25, -0.2) is 8.78 Å². The maximum atomic E-state index is 13.8. The van der Waals surface area contributed by atoms with E-state index in [0.29, 0.717) is 16.1 Å². The second kappa shape index (κ2) is 6.09. The normalized spacial score (nSPS) is 14.0. The van der Waals surface area contributed by atoms with Gasteiger partial charge in [-0.3, -0.25) is 0 Å². The Kier molecular flexibility index (Phi) is 4.79. The highest BCUT2D eigenvalue weighted by Crippen LogP contribution is 2.33. The van der Waals surface area contributed by atoms with Gasteiger partial charge in [-0.1, -0.05) is 34.8 Å². The highest BCUT2D eigenvalue weighted by Gasteiger charge is 2.27. The molecular formula is C15H12Cl3F2N. The Morgan fingerprint density at radius 2 is 1.67 bits per heavy atom. The predicted molar refractivity (Wildman–Crippen MR) is 83.1 cm³/mol. The summed E-state index contributed by atoms with van der Waals surface area (Å²) < 4.78 is 27.4. The Morgan fingerprint density at radius 1 is 1.00 bits per heavy atom. The smallest absolute Gasteiger partial charge is 0.142 e. The molecule has 1 atom stereocenters. The van der Waals surface area contributed by atoms with Crippen LogP contribution in [-0.2, 0) is 12.0 Å². The van der Waals surface area contributed by atoms with Crippen LogP contribution >= 0.6 is 34.8 Å². The zero-order valence-electron chi connectivity index (χ0n) is 11.1. The second-order valence-corrected chi connectivity index (χ2v) is 6.33. The Balaban J connectivity index is 2.42. The molecular weight excluding hydrogens is 339 g/mol. The van der Waals surface area contributed by atoms with Crippen LogP contribution in [0.15, 0.2) is 30.3 Å². The first-order valence-electron chi connectivity index (χ1n) is 6.08. The van der Waals surface area contributed by atoms with Crippen LogP contribution in [0, 0.1) is 11.6 Å². The van der Waals surface area contributed by atoms with Crippen molar-refractivity contribution in [1.82, 2.24) is 0 Å². The summed E-state index contributed by atoms with van der Waals surface area (Å²) >= 11 is 17.6. The van der Waals surface area contributed by atoms with Crippen molar-refractivity contribution in [3.8, 4) is 0 Å². The van der Waals surface area contributed by atoms with Gasteiger partial charge in [0.15, 0.2) is 0 Å². The van der Waals surface area contributed by atoms with Crippen molar-refractivity contribution in [3.63, 3.8) is 0 Å². The largest absolute Gasteiger partial charge is 0.321 e. The average Bonchev–Trinajstić information content (AvgIpc) is 2.37. The first kappa shape index (κ1) is 16.5. The van der Waals surface area contributed by atoms with E-state index < -0.39 is 17.2 Å². The highest BCUT2D eigenvalue weighted by molar-refractivity contribution is 6.35. The molecule has 112 valence electrons. The first-order valence-corrected chi connectivity index (χ1v) is 7.22. The van der Waals surface area contributed by atoms with Gasteiger partial charge in [0.2, 0.25) is 0 Å². The van der Waals surface area contributed by atoms with Gasteiger partial charge < -0.3 is 5.73 Å². The maximum absolute atomic E-state index is 13.8. The molecule has 6 heteroatoms. The number of halogens is 5. The van der Waals surface area contributed by atoms with Gasteiger partial charge in [-0.05, 0) is 54.8 Å². The Morgan fingerprint density at radius 3 is 2.33 bits per heavy atom. The molecule has 0 saturated carbocycles. The summed E-state index contributed by atoms with van der Waals surface area (Å²) in [5.41, 5.74) is 5.81. The topological polar surface area (TPSA) is 26.0 Å². The van der Waals surface area contributed by atoms with E-state index in [1.54, 1.807) is 6.92 Å². The number of hydrogen-bond acceptors (Lipinski definition) is 1. The maximum Gasteiger partial charge on any atom is 0.142 e. The zero-order chi connectivity index (χ0) is 15.8. The number of benzene rings is 2. The lowest BCUT2D eigenvalue weighted by Gasteiger charge is -2.27. The predicted octanol–water partition coefficient (Wildman–Crippen LogP) is 5.34. The van der Waals surface area contributed by atoms with Crippen LogP contribution in [0.25, 0.3) is 0 Å². The van der Waals surface area contributed by atoms with Crippen molar-refractivity contribution >= 4 is 34.8 Å². The van der Waals surface area contributed by atoms with Crippen molar-refractivity contribution in [2.75, 3.05) is 0 Å². The summed E-state index contributed by atoms with van der Waals surface area (Å²) in [4.78, 5) is 0. The third-order valence-electron chi connectivity index (χ3n) is 3.19. The lowest BCUT2D eigenvalue weighted by atomic mass is 9.86. The van der Waals surface area contributed by atoms with Gasteiger partial charge in [0, 0.05) is 15.6 Å². The summed E-state index contributed by atoms with van der Waals surface area (Å²) in [5.74, 6) is -1.05. The summed E-state index contributed by atoms with van der Waals surface area (Å²) in [6.45, 7) is 1.64. The van der Waals surface area contributed by atoms with Crippen molar-refractivity contribution in [3.05, 3.63) is 68.2 Å². The fourth-order valence-corrected chi connectivity index (χ4v) is 2.92. The average molecular weight is 351 g/mol. The van der Waals surface area contributed by atoms with Crippen LogP contribution in [0.1, 0.15) is 18.1 Å². The van der Waals surface area contributed by atoms with Crippen LogP contribution in [0.3, 0.4) is 0 Å². The molecule has 0 fully saturated rings. The Bertz CT molecular complexity index is 687. The molecule has 0 aliphatic rings. The van der Waals surface area contributed by atoms with E-state index in [2.05, 4.69) is 0 Å². The molecule has 2 aromatic carbocycles. The molecule has 2 aromatic rings. The molecule has 0 bridgehead atoms. The van der Waals surface area contributed by atoms with Gasteiger partial charge >= 0.3 is 0 Å². The lowest BCUT2D eigenvalue weighted by Crippen LogP contribution is -2.36. The lowest BCUT2D eigenvalue weighted by molar-refractivity contribution is 0.472. The third kappa shape index (κ3) is 3.67. The van der Waals surface area contributed by atoms with Gasteiger partial charge in [0.05, 0.1) is 5.02 Å². The molecule has 0 spiro atoms. The van der Waals surface area contributed by atoms with Gasteiger partial charge in [0.1, 0.15) is 11.6 Å². The van der Waals surface area contributed by atoms with Crippen LogP contribution in [0.2, 0.25) is 15.1 Å². The SMILES string of the molecule is CC(N)(Cc1cc(Cl)ccc1F)c1cc(F)c(Cl)cc1Cl. The molecule has 0 aliphatic heterocycles. The molecule has 0 aliphatic carbocycles. The highest BCUT2D eigenvalue weighted by atomic mass is 35.5.